The molecule has 0 bridgehead atoms. The van der Waals surface area contributed by atoms with Crippen molar-refractivity contribution in [1.82, 2.24) is 0 Å². The molecule has 3 N–H and O–H groups in total. The number of hydrogen-bond donors (Lipinski definition) is 2. The minimum absolute atomic E-state index is 0.0313. The lowest BCUT2D eigenvalue weighted by atomic mass is 9.86. The maximum Gasteiger partial charge on any atom is 0.304 e. The second-order valence-electron chi connectivity index (χ2n) is 5.49. The van der Waals surface area contributed by atoms with Crippen molar-refractivity contribution in [1.29, 1.82) is 0 Å². The molecule has 1 aliphatic rings. The van der Waals surface area contributed by atoms with Gasteiger partial charge in [0.15, 0.2) is 0 Å². The maximum atomic E-state index is 14.4. The van der Waals surface area contributed by atoms with Crippen molar-refractivity contribution in [3.8, 4) is 0 Å². The predicted octanol–water partition coefficient (Wildman–Crippen LogP) is 3.10. The molecule has 2 rings (SSSR count). The summed E-state index contributed by atoms with van der Waals surface area (Å²) in [5.41, 5.74) is 2.58. The van der Waals surface area contributed by atoms with Gasteiger partial charge < -0.3 is 10.8 Å². The molecule has 19 heavy (non-hydrogen) atoms. The standard InChI is InChI=1S/C14H18F3NO/c1-8(18)10-4-3-5-11(12(10)15)14(16,17)13(2,19)9-6-7-9/h3-5,8-9,19H,6-7,18H2,1-2H3/t8-,13?/m1/s1. The van der Waals surface area contributed by atoms with Gasteiger partial charge in [-0.2, -0.15) is 8.78 Å². The highest BCUT2D eigenvalue weighted by Gasteiger charge is 2.59. The first-order valence-electron chi connectivity index (χ1n) is 6.34. The summed E-state index contributed by atoms with van der Waals surface area (Å²) in [4.78, 5) is 0. The summed E-state index contributed by atoms with van der Waals surface area (Å²) in [6, 6.07) is 3.05. The van der Waals surface area contributed by atoms with E-state index in [2.05, 4.69) is 0 Å². The molecule has 0 aromatic heterocycles. The number of hydrogen-bond acceptors (Lipinski definition) is 2. The van der Waals surface area contributed by atoms with Crippen LogP contribution in [0.4, 0.5) is 13.2 Å². The zero-order chi connectivity index (χ0) is 14.4. The molecule has 0 radical (unpaired) electrons. The fourth-order valence-corrected chi connectivity index (χ4v) is 2.32. The maximum absolute atomic E-state index is 14.4. The van der Waals surface area contributed by atoms with Crippen LogP contribution in [-0.2, 0) is 5.92 Å². The highest BCUT2D eigenvalue weighted by atomic mass is 19.3. The van der Waals surface area contributed by atoms with Crippen LogP contribution in [0.1, 0.15) is 43.9 Å². The molecule has 2 atom stereocenters. The van der Waals surface area contributed by atoms with Crippen LogP contribution in [0.15, 0.2) is 18.2 Å². The molecule has 0 amide bonds. The van der Waals surface area contributed by atoms with Gasteiger partial charge >= 0.3 is 5.92 Å². The summed E-state index contributed by atoms with van der Waals surface area (Å²) in [6.45, 7) is 2.60. The van der Waals surface area contributed by atoms with E-state index in [9.17, 15) is 18.3 Å². The molecule has 0 heterocycles. The van der Waals surface area contributed by atoms with Gasteiger partial charge in [-0.25, -0.2) is 4.39 Å². The Morgan fingerprint density at radius 3 is 2.42 bits per heavy atom. The molecule has 1 unspecified atom stereocenters. The Balaban J connectivity index is 2.48. The molecule has 0 spiro atoms. The lowest BCUT2D eigenvalue weighted by molar-refractivity contribution is -0.191. The van der Waals surface area contributed by atoms with Crippen LogP contribution in [-0.4, -0.2) is 10.7 Å². The molecule has 1 aromatic carbocycles. The molecule has 0 saturated heterocycles. The van der Waals surface area contributed by atoms with Crippen molar-refractivity contribution in [2.75, 3.05) is 0 Å². The van der Waals surface area contributed by atoms with Gasteiger partial charge in [-0.05, 0) is 38.7 Å². The summed E-state index contributed by atoms with van der Waals surface area (Å²) in [5.74, 6) is -5.15. The second-order valence-corrected chi connectivity index (χ2v) is 5.49. The third-order valence-corrected chi connectivity index (χ3v) is 3.87. The number of aliphatic hydroxyl groups is 1. The van der Waals surface area contributed by atoms with Gasteiger partial charge in [-0.3, -0.25) is 0 Å². The van der Waals surface area contributed by atoms with Crippen molar-refractivity contribution in [2.45, 2.75) is 44.3 Å². The molecular formula is C14H18F3NO. The SMILES string of the molecule is C[C@@H](N)c1cccc(C(F)(F)C(C)(O)C2CC2)c1F. The molecule has 0 aliphatic heterocycles. The minimum atomic E-state index is -3.64. The smallest absolute Gasteiger partial charge is 0.304 e. The molecular weight excluding hydrogens is 255 g/mol. The summed E-state index contributed by atoms with van der Waals surface area (Å²) in [6.07, 6.45) is 1.08. The van der Waals surface area contributed by atoms with Gasteiger partial charge in [0.1, 0.15) is 11.4 Å². The van der Waals surface area contributed by atoms with Crippen molar-refractivity contribution in [2.24, 2.45) is 11.7 Å². The van der Waals surface area contributed by atoms with Gasteiger partial charge in [-0.1, -0.05) is 12.1 Å². The van der Waals surface area contributed by atoms with Crippen LogP contribution in [0.3, 0.4) is 0 Å². The van der Waals surface area contributed by atoms with E-state index in [0.29, 0.717) is 12.8 Å². The van der Waals surface area contributed by atoms with Gasteiger partial charge in [0.25, 0.3) is 0 Å². The van der Waals surface area contributed by atoms with Crippen LogP contribution in [0, 0.1) is 11.7 Å². The largest absolute Gasteiger partial charge is 0.383 e. The second kappa shape index (κ2) is 4.49. The topological polar surface area (TPSA) is 46.2 Å². The number of halogens is 3. The molecule has 106 valence electrons. The summed E-state index contributed by atoms with van der Waals surface area (Å²) < 4.78 is 43.0. The lowest BCUT2D eigenvalue weighted by Gasteiger charge is -2.33. The van der Waals surface area contributed by atoms with E-state index in [-0.39, 0.29) is 5.56 Å². The number of benzene rings is 1. The zero-order valence-electron chi connectivity index (χ0n) is 11.0. The van der Waals surface area contributed by atoms with E-state index in [1.807, 2.05) is 0 Å². The van der Waals surface area contributed by atoms with Crippen LogP contribution in [0.5, 0.6) is 0 Å². The fourth-order valence-electron chi connectivity index (χ4n) is 2.32. The van der Waals surface area contributed by atoms with E-state index in [1.54, 1.807) is 0 Å². The van der Waals surface area contributed by atoms with Crippen LogP contribution < -0.4 is 5.73 Å². The average Bonchev–Trinajstić information content (AvgIpc) is 3.12. The zero-order valence-corrected chi connectivity index (χ0v) is 11.0. The van der Waals surface area contributed by atoms with Gasteiger partial charge in [0.2, 0.25) is 0 Å². The van der Waals surface area contributed by atoms with E-state index in [4.69, 9.17) is 5.73 Å². The first kappa shape index (κ1) is 14.3. The molecule has 1 saturated carbocycles. The van der Waals surface area contributed by atoms with Gasteiger partial charge in [0, 0.05) is 11.6 Å². The Labute approximate surface area is 110 Å². The summed E-state index contributed by atoms with van der Waals surface area (Å²) in [5, 5.41) is 10.0. The van der Waals surface area contributed by atoms with Crippen LogP contribution >= 0.6 is 0 Å². The summed E-state index contributed by atoms with van der Waals surface area (Å²) >= 11 is 0. The number of nitrogens with two attached hydrogens (primary N) is 1. The van der Waals surface area contributed by atoms with Crippen LogP contribution in [0.25, 0.3) is 0 Å². The average molecular weight is 273 g/mol. The lowest BCUT2D eigenvalue weighted by Crippen LogP contribution is -2.45. The van der Waals surface area contributed by atoms with Crippen molar-refractivity contribution in [3.05, 3.63) is 35.1 Å². The van der Waals surface area contributed by atoms with E-state index < -0.39 is 34.9 Å². The monoisotopic (exact) mass is 273 g/mol. The van der Waals surface area contributed by atoms with Gasteiger partial charge in [-0.15, -0.1) is 0 Å². The first-order chi connectivity index (χ1) is 8.69. The minimum Gasteiger partial charge on any atom is -0.383 e. The Morgan fingerprint density at radius 1 is 1.37 bits per heavy atom. The summed E-state index contributed by atoms with van der Waals surface area (Å²) in [7, 11) is 0. The normalized spacial score (nSPS) is 21.0. The van der Waals surface area contributed by atoms with Gasteiger partial charge in [0.05, 0.1) is 5.56 Å². The molecule has 2 nitrogen and oxygen atoms in total. The molecule has 1 aromatic rings. The highest BCUT2D eigenvalue weighted by molar-refractivity contribution is 5.33. The Bertz CT molecular complexity index is 482. The van der Waals surface area contributed by atoms with Crippen molar-refractivity contribution >= 4 is 0 Å². The van der Waals surface area contributed by atoms with E-state index >= 15 is 0 Å². The van der Waals surface area contributed by atoms with Crippen molar-refractivity contribution < 1.29 is 18.3 Å². The van der Waals surface area contributed by atoms with Crippen LogP contribution in [0.2, 0.25) is 0 Å². The fraction of sp³-hybridized carbons (Fsp3) is 0.571. The Hall–Kier alpha value is -1.07. The number of alkyl halides is 2. The third-order valence-electron chi connectivity index (χ3n) is 3.87. The van der Waals surface area contributed by atoms with E-state index in [1.165, 1.54) is 19.1 Å². The highest BCUT2D eigenvalue weighted by Crippen LogP contribution is 2.52. The third kappa shape index (κ3) is 2.25. The molecule has 1 aliphatic carbocycles. The predicted molar refractivity (Wildman–Crippen MR) is 66.2 cm³/mol. The Morgan fingerprint density at radius 2 is 1.95 bits per heavy atom. The molecule has 1 fully saturated rings. The number of rotatable bonds is 4. The van der Waals surface area contributed by atoms with Crippen molar-refractivity contribution in [3.63, 3.8) is 0 Å². The molecule has 5 heteroatoms. The van der Waals surface area contributed by atoms with E-state index in [0.717, 1.165) is 13.0 Å². The first-order valence-corrected chi connectivity index (χ1v) is 6.34. The quantitative estimate of drug-likeness (QED) is 0.885. The Kier molecular flexibility index (Phi) is 3.39.